The van der Waals surface area contributed by atoms with Gasteiger partial charge in [0.25, 0.3) is 0 Å². The predicted octanol–water partition coefficient (Wildman–Crippen LogP) is 5.20. The van der Waals surface area contributed by atoms with E-state index in [1.54, 1.807) is 16.7 Å². The Morgan fingerprint density at radius 1 is 1.10 bits per heavy atom. The first-order valence-electron chi connectivity index (χ1n) is 10.5. The Balaban J connectivity index is 1.96. The molecule has 0 saturated carbocycles. The first-order valence-corrected chi connectivity index (χ1v) is 11.9. The van der Waals surface area contributed by atoms with Crippen LogP contribution in [-0.2, 0) is 16.0 Å². The molecule has 1 atom stereocenters. The summed E-state index contributed by atoms with van der Waals surface area (Å²) in [6, 6.07) is 17.2. The Morgan fingerprint density at radius 3 is 2.47 bits per heavy atom. The Bertz CT molecular complexity index is 784. The van der Waals surface area contributed by atoms with Gasteiger partial charge in [-0.1, -0.05) is 55.3 Å². The van der Waals surface area contributed by atoms with Gasteiger partial charge in [0.15, 0.2) is 0 Å². The van der Waals surface area contributed by atoms with Crippen molar-refractivity contribution in [3.8, 4) is 0 Å². The average Bonchev–Trinajstić information content (AvgIpc) is 2.76. The van der Waals surface area contributed by atoms with Gasteiger partial charge in [0.2, 0.25) is 11.8 Å². The minimum absolute atomic E-state index is 0.00513. The Morgan fingerprint density at radius 2 is 1.80 bits per heavy atom. The van der Waals surface area contributed by atoms with Crippen molar-refractivity contribution in [1.29, 1.82) is 0 Å². The summed E-state index contributed by atoms with van der Waals surface area (Å²) in [4.78, 5) is 28.4. The topological polar surface area (TPSA) is 49.4 Å². The zero-order valence-corrected chi connectivity index (χ0v) is 19.3. The Labute approximate surface area is 189 Å². The fraction of sp³-hybridized carbons (Fsp3) is 0.417. The van der Waals surface area contributed by atoms with Crippen molar-refractivity contribution >= 4 is 35.2 Å². The summed E-state index contributed by atoms with van der Waals surface area (Å²) >= 11 is 7.54. The molecular formula is C24H31ClN2O2S. The molecule has 2 aromatic carbocycles. The number of hydrogen-bond donors (Lipinski definition) is 1. The Kier molecular flexibility index (Phi) is 10.8. The molecule has 1 N–H and O–H groups in total. The maximum atomic E-state index is 13.0. The molecule has 0 aliphatic rings. The van der Waals surface area contributed by atoms with E-state index in [4.69, 9.17) is 11.6 Å². The van der Waals surface area contributed by atoms with Crippen LogP contribution < -0.4 is 5.32 Å². The van der Waals surface area contributed by atoms with Gasteiger partial charge in [0.1, 0.15) is 6.04 Å². The molecule has 30 heavy (non-hydrogen) atoms. The molecule has 0 saturated heterocycles. The van der Waals surface area contributed by atoms with Crippen molar-refractivity contribution in [2.45, 2.75) is 50.5 Å². The molecule has 0 heterocycles. The van der Waals surface area contributed by atoms with Crippen LogP contribution in [0.25, 0.3) is 0 Å². The van der Waals surface area contributed by atoms with Crippen molar-refractivity contribution in [3.05, 3.63) is 65.2 Å². The predicted molar refractivity (Wildman–Crippen MR) is 126 cm³/mol. The smallest absolute Gasteiger partial charge is 0.242 e. The largest absolute Gasteiger partial charge is 0.354 e. The van der Waals surface area contributed by atoms with Crippen LogP contribution in [0, 0.1) is 0 Å². The van der Waals surface area contributed by atoms with E-state index in [-0.39, 0.29) is 11.8 Å². The molecular weight excluding hydrogens is 416 g/mol. The molecule has 6 heteroatoms. The zero-order chi connectivity index (χ0) is 21.8. The number of unbranched alkanes of at least 4 members (excludes halogenated alkanes) is 1. The maximum Gasteiger partial charge on any atom is 0.242 e. The summed E-state index contributed by atoms with van der Waals surface area (Å²) in [5.74, 6) is 0.577. The van der Waals surface area contributed by atoms with E-state index in [9.17, 15) is 9.59 Å². The number of halogens is 1. The van der Waals surface area contributed by atoms with Crippen molar-refractivity contribution in [2.75, 3.05) is 18.8 Å². The van der Waals surface area contributed by atoms with Gasteiger partial charge >= 0.3 is 0 Å². The molecule has 2 rings (SSSR count). The molecule has 0 spiro atoms. The second kappa shape index (κ2) is 13.3. The van der Waals surface area contributed by atoms with Crippen molar-refractivity contribution < 1.29 is 9.59 Å². The van der Waals surface area contributed by atoms with Crippen molar-refractivity contribution in [1.82, 2.24) is 10.2 Å². The third-order valence-corrected chi connectivity index (χ3v) is 6.15. The standard InChI is InChI=1S/C24H31ClN2O2S/c1-3-4-16-26-24(29)19(2)27(17-14-20-8-6-5-7-9-20)23(28)15-18-30-22-12-10-21(25)11-13-22/h5-13,19H,3-4,14-18H2,1-2H3,(H,26,29). The maximum absolute atomic E-state index is 13.0. The van der Waals surface area contributed by atoms with Gasteiger partial charge in [-0.15, -0.1) is 11.8 Å². The number of nitrogens with zero attached hydrogens (tertiary/aromatic N) is 1. The molecule has 2 aromatic rings. The minimum atomic E-state index is -0.487. The van der Waals surface area contributed by atoms with Gasteiger partial charge in [0.05, 0.1) is 0 Å². The van der Waals surface area contributed by atoms with Crippen LogP contribution in [0.3, 0.4) is 0 Å². The highest BCUT2D eigenvalue weighted by atomic mass is 35.5. The molecule has 2 amide bonds. The highest BCUT2D eigenvalue weighted by molar-refractivity contribution is 7.99. The van der Waals surface area contributed by atoms with E-state index < -0.39 is 6.04 Å². The highest BCUT2D eigenvalue weighted by Gasteiger charge is 2.25. The van der Waals surface area contributed by atoms with Crippen LogP contribution in [-0.4, -0.2) is 41.6 Å². The van der Waals surface area contributed by atoms with E-state index in [1.807, 2.05) is 61.5 Å². The molecule has 0 fully saturated rings. The van der Waals surface area contributed by atoms with Gasteiger partial charge in [-0.25, -0.2) is 0 Å². The summed E-state index contributed by atoms with van der Waals surface area (Å²) in [5, 5.41) is 3.65. The summed E-state index contributed by atoms with van der Waals surface area (Å²) < 4.78 is 0. The highest BCUT2D eigenvalue weighted by Crippen LogP contribution is 2.21. The molecule has 0 aliphatic heterocycles. The summed E-state index contributed by atoms with van der Waals surface area (Å²) in [5.41, 5.74) is 1.16. The van der Waals surface area contributed by atoms with Gasteiger partial charge in [0, 0.05) is 35.2 Å². The van der Waals surface area contributed by atoms with E-state index >= 15 is 0 Å². The van der Waals surface area contributed by atoms with Crippen LogP contribution in [0.4, 0.5) is 0 Å². The third kappa shape index (κ3) is 8.41. The van der Waals surface area contributed by atoms with E-state index in [2.05, 4.69) is 12.2 Å². The van der Waals surface area contributed by atoms with E-state index in [0.29, 0.717) is 30.3 Å². The number of hydrogen-bond acceptors (Lipinski definition) is 3. The SMILES string of the molecule is CCCCNC(=O)C(C)N(CCc1ccccc1)C(=O)CCSc1ccc(Cl)cc1. The molecule has 0 radical (unpaired) electrons. The molecule has 162 valence electrons. The average molecular weight is 447 g/mol. The second-order valence-electron chi connectivity index (χ2n) is 7.20. The lowest BCUT2D eigenvalue weighted by Gasteiger charge is -2.29. The molecule has 1 unspecified atom stereocenters. The lowest BCUT2D eigenvalue weighted by molar-refractivity contribution is -0.139. The minimum Gasteiger partial charge on any atom is -0.354 e. The monoisotopic (exact) mass is 446 g/mol. The third-order valence-electron chi connectivity index (χ3n) is 4.88. The zero-order valence-electron chi connectivity index (χ0n) is 17.8. The van der Waals surface area contributed by atoms with Crippen molar-refractivity contribution in [2.24, 2.45) is 0 Å². The van der Waals surface area contributed by atoms with Crippen LogP contribution >= 0.6 is 23.4 Å². The number of amides is 2. The first-order chi connectivity index (χ1) is 14.5. The van der Waals surface area contributed by atoms with E-state index in [1.165, 1.54) is 0 Å². The molecule has 0 aliphatic carbocycles. The molecule has 0 bridgehead atoms. The number of thioether (sulfide) groups is 1. The van der Waals surface area contributed by atoms with Crippen LogP contribution in [0.2, 0.25) is 5.02 Å². The van der Waals surface area contributed by atoms with Gasteiger partial charge < -0.3 is 10.2 Å². The summed E-state index contributed by atoms with van der Waals surface area (Å²) in [6.45, 7) is 5.07. The number of carbonyl (C=O) groups excluding carboxylic acids is 2. The molecule has 4 nitrogen and oxygen atoms in total. The van der Waals surface area contributed by atoms with E-state index in [0.717, 1.165) is 29.7 Å². The van der Waals surface area contributed by atoms with Crippen LogP contribution in [0.1, 0.15) is 38.7 Å². The Hall–Kier alpha value is -1.98. The van der Waals surface area contributed by atoms with Crippen LogP contribution in [0.15, 0.2) is 59.5 Å². The normalized spacial score (nSPS) is 11.7. The number of carbonyl (C=O) groups is 2. The van der Waals surface area contributed by atoms with Gasteiger partial charge in [-0.3, -0.25) is 9.59 Å². The van der Waals surface area contributed by atoms with Crippen molar-refractivity contribution in [3.63, 3.8) is 0 Å². The number of benzene rings is 2. The van der Waals surface area contributed by atoms with Gasteiger partial charge in [-0.2, -0.15) is 0 Å². The number of nitrogens with one attached hydrogen (secondary N) is 1. The van der Waals surface area contributed by atoms with Crippen LogP contribution in [0.5, 0.6) is 0 Å². The lowest BCUT2D eigenvalue weighted by Crippen LogP contribution is -2.49. The van der Waals surface area contributed by atoms with Gasteiger partial charge in [-0.05, 0) is 49.6 Å². The second-order valence-corrected chi connectivity index (χ2v) is 8.80. The fourth-order valence-electron chi connectivity index (χ4n) is 3.04. The summed E-state index contributed by atoms with van der Waals surface area (Å²) in [7, 11) is 0. The summed E-state index contributed by atoms with van der Waals surface area (Å²) in [6.07, 6.45) is 3.07. The molecule has 0 aromatic heterocycles. The quantitative estimate of drug-likeness (QED) is 0.360. The number of rotatable bonds is 12. The fourth-order valence-corrected chi connectivity index (χ4v) is 4.00. The first kappa shape index (κ1) is 24.3. The lowest BCUT2D eigenvalue weighted by atomic mass is 10.1.